The van der Waals surface area contributed by atoms with Crippen LogP contribution in [0.3, 0.4) is 0 Å². The third kappa shape index (κ3) is 5.61. The molecule has 4 nitrogen and oxygen atoms in total. The number of hydrogen-bond donors (Lipinski definition) is 3. The first kappa shape index (κ1) is 18.4. The molecule has 1 unspecified atom stereocenters. The summed E-state index contributed by atoms with van der Waals surface area (Å²) in [5.74, 6) is 0.104. The van der Waals surface area contributed by atoms with Crippen LogP contribution in [0, 0.1) is 0 Å². The zero-order chi connectivity index (χ0) is 15.9. The number of carboxylic acids is 1. The monoisotopic (exact) mass is 282 g/mol. The van der Waals surface area contributed by atoms with E-state index in [1.165, 1.54) is 0 Å². The lowest BCUT2D eigenvalue weighted by Gasteiger charge is -2.14. The van der Waals surface area contributed by atoms with Gasteiger partial charge in [0.15, 0.2) is 6.10 Å². The van der Waals surface area contributed by atoms with E-state index in [1.54, 1.807) is 6.92 Å². The SMILES string of the molecule is CC(C)c1cccc(C(C)C)c1O.CCC(O)C(=O)O. The summed E-state index contributed by atoms with van der Waals surface area (Å²) in [6.07, 6.45) is -0.907. The molecular formula is C16H26O4. The van der Waals surface area contributed by atoms with Gasteiger partial charge in [-0.2, -0.15) is 0 Å². The highest BCUT2D eigenvalue weighted by molar-refractivity contribution is 5.71. The van der Waals surface area contributed by atoms with E-state index >= 15 is 0 Å². The molecule has 1 aromatic carbocycles. The smallest absolute Gasteiger partial charge is 0.332 e. The van der Waals surface area contributed by atoms with Gasteiger partial charge in [-0.3, -0.25) is 0 Å². The first-order valence-electron chi connectivity index (χ1n) is 6.94. The summed E-state index contributed by atoms with van der Waals surface area (Å²) in [6, 6.07) is 6.00. The lowest BCUT2D eigenvalue weighted by Crippen LogP contribution is -2.17. The summed E-state index contributed by atoms with van der Waals surface area (Å²) in [7, 11) is 0. The van der Waals surface area contributed by atoms with Crippen molar-refractivity contribution in [1.29, 1.82) is 0 Å². The summed E-state index contributed by atoms with van der Waals surface area (Å²) in [5, 5.41) is 26.2. The number of para-hydroxylation sites is 1. The summed E-state index contributed by atoms with van der Waals surface area (Å²) < 4.78 is 0. The highest BCUT2D eigenvalue weighted by Crippen LogP contribution is 2.32. The number of benzene rings is 1. The molecule has 4 heteroatoms. The van der Waals surface area contributed by atoms with Crippen LogP contribution < -0.4 is 0 Å². The van der Waals surface area contributed by atoms with Crippen LogP contribution in [0.2, 0.25) is 0 Å². The molecule has 0 amide bonds. The molecule has 0 heterocycles. The fourth-order valence-corrected chi connectivity index (χ4v) is 1.69. The molecule has 1 atom stereocenters. The van der Waals surface area contributed by atoms with Crippen molar-refractivity contribution in [2.45, 2.75) is 59.0 Å². The number of hydrogen-bond acceptors (Lipinski definition) is 3. The minimum Gasteiger partial charge on any atom is -0.507 e. The number of aliphatic hydroxyl groups is 1. The molecule has 0 aromatic heterocycles. The molecule has 0 radical (unpaired) electrons. The van der Waals surface area contributed by atoms with Gasteiger partial charge >= 0.3 is 5.97 Å². The van der Waals surface area contributed by atoms with Gasteiger partial charge in [-0.1, -0.05) is 52.8 Å². The molecule has 1 aromatic rings. The van der Waals surface area contributed by atoms with Crippen molar-refractivity contribution in [2.75, 3.05) is 0 Å². The van der Waals surface area contributed by atoms with Crippen molar-refractivity contribution in [3.8, 4) is 5.75 Å². The first-order valence-corrected chi connectivity index (χ1v) is 6.94. The van der Waals surface area contributed by atoms with E-state index < -0.39 is 12.1 Å². The minimum atomic E-state index is -1.18. The van der Waals surface area contributed by atoms with Gasteiger partial charge in [0.2, 0.25) is 0 Å². The zero-order valence-electron chi connectivity index (χ0n) is 12.9. The molecule has 0 fully saturated rings. The van der Waals surface area contributed by atoms with Gasteiger partial charge in [-0.05, 0) is 29.4 Å². The van der Waals surface area contributed by atoms with E-state index in [-0.39, 0.29) is 6.42 Å². The Morgan fingerprint density at radius 1 is 1.10 bits per heavy atom. The molecule has 0 bridgehead atoms. The zero-order valence-corrected chi connectivity index (χ0v) is 12.9. The van der Waals surface area contributed by atoms with Gasteiger partial charge in [0.05, 0.1) is 0 Å². The molecule has 0 aliphatic rings. The number of aliphatic carboxylic acids is 1. The van der Waals surface area contributed by atoms with Crippen LogP contribution in [0.15, 0.2) is 18.2 Å². The first-order chi connectivity index (χ1) is 9.22. The van der Waals surface area contributed by atoms with E-state index in [2.05, 4.69) is 27.7 Å². The van der Waals surface area contributed by atoms with Gasteiger partial charge < -0.3 is 15.3 Å². The number of phenolic OH excluding ortho intramolecular Hbond substituents is 1. The predicted octanol–water partition coefficient (Wildman–Crippen LogP) is 3.48. The number of aromatic hydroxyl groups is 1. The van der Waals surface area contributed by atoms with Crippen molar-refractivity contribution in [1.82, 2.24) is 0 Å². The van der Waals surface area contributed by atoms with E-state index in [0.29, 0.717) is 17.6 Å². The van der Waals surface area contributed by atoms with E-state index in [4.69, 9.17) is 10.2 Å². The summed E-state index contributed by atoms with van der Waals surface area (Å²) in [6.45, 7) is 10.00. The van der Waals surface area contributed by atoms with Crippen LogP contribution in [0.25, 0.3) is 0 Å². The van der Waals surface area contributed by atoms with Crippen molar-refractivity contribution >= 4 is 5.97 Å². The number of carbonyl (C=O) groups is 1. The third-order valence-corrected chi connectivity index (χ3v) is 3.01. The molecule has 0 saturated carbocycles. The quantitative estimate of drug-likeness (QED) is 0.790. The average Bonchev–Trinajstić information content (AvgIpc) is 2.37. The second-order valence-corrected chi connectivity index (χ2v) is 5.36. The Kier molecular flexibility index (Phi) is 7.92. The normalized spacial score (nSPS) is 12.0. The standard InChI is InChI=1S/C12H18O.C4H8O3/c1-8(2)10-6-5-7-11(9(3)4)12(10)13;1-2-3(5)4(6)7/h5-9,13H,1-4H3;3,5H,2H2,1H3,(H,6,7). The predicted molar refractivity (Wildman–Crippen MR) is 80.2 cm³/mol. The van der Waals surface area contributed by atoms with Gasteiger partial charge in [0.25, 0.3) is 0 Å². The summed E-state index contributed by atoms with van der Waals surface area (Å²) in [5.41, 5.74) is 2.09. The van der Waals surface area contributed by atoms with Crippen LogP contribution in [0.1, 0.15) is 64.0 Å². The Bertz CT molecular complexity index is 398. The number of rotatable bonds is 4. The molecule has 3 N–H and O–H groups in total. The van der Waals surface area contributed by atoms with Crippen LogP contribution in [-0.4, -0.2) is 27.4 Å². The second kappa shape index (κ2) is 8.59. The molecule has 114 valence electrons. The lowest BCUT2D eigenvalue weighted by atomic mass is 9.94. The molecule has 0 saturated heterocycles. The van der Waals surface area contributed by atoms with Crippen molar-refractivity contribution in [2.24, 2.45) is 0 Å². The Morgan fingerprint density at radius 3 is 1.70 bits per heavy atom. The maximum Gasteiger partial charge on any atom is 0.332 e. The van der Waals surface area contributed by atoms with E-state index in [9.17, 15) is 9.90 Å². The molecule has 1 rings (SSSR count). The van der Waals surface area contributed by atoms with Gasteiger partial charge in [0, 0.05) is 0 Å². The number of carboxylic acid groups (broad SMARTS) is 1. The fourth-order valence-electron chi connectivity index (χ4n) is 1.69. The van der Waals surface area contributed by atoms with Crippen LogP contribution in [-0.2, 0) is 4.79 Å². The minimum absolute atomic E-state index is 0.273. The van der Waals surface area contributed by atoms with Crippen molar-refractivity contribution in [3.63, 3.8) is 0 Å². The van der Waals surface area contributed by atoms with Gasteiger partial charge in [-0.15, -0.1) is 0 Å². The molecule has 0 aliphatic carbocycles. The van der Waals surface area contributed by atoms with Crippen molar-refractivity contribution < 1.29 is 20.1 Å². The molecule has 0 aliphatic heterocycles. The maximum absolute atomic E-state index is 9.93. The van der Waals surface area contributed by atoms with Crippen LogP contribution in [0.5, 0.6) is 5.75 Å². The largest absolute Gasteiger partial charge is 0.507 e. The average molecular weight is 282 g/mol. The lowest BCUT2D eigenvalue weighted by molar-refractivity contribution is -0.146. The summed E-state index contributed by atoms with van der Waals surface area (Å²) in [4.78, 5) is 9.68. The maximum atomic E-state index is 9.93. The number of phenols is 1. The highest BCUT2D eigenvalue weighted by atomic mass is 16.4. The Balaban J connectivity index is 0.000000441. The summed E-state index contributed by atoms with van der Waals surface area (Å²) >= 11 is 0. The van der Waals surface area contributed by atoms with Crippen LogP contribution >= 0.6 is 0 Å². The van der Waals surface area contributed by atoms with Crippen molar-refractivity contribution in [3.05, 3.63) is 29.3 Å². The molecule has 0 spiro atoms. The second-order valence-electron chi connectivity index (χ2n) is 5.36. The third-order valence-electron chi connectivity index (χ3n) is 3.01. The Morgan fingerprint density at radius 2 is 1.50 bits per heavy atom. The highest BCUT2D eigenvalue weighted by Gasteiger charge is 2.11. The van der Waals surface area contributed by atoms with E-state index in [1.807, 2.05) is 18.2 Å². The fraction of sp³-hybridized carbons (Fsp3) is 0.562. The van der Waals surface area contributed by atoms with Gasteiger partial charge in [-0.25, -0.2) is 4.79 Å². The van der Waals surface area contributed by atoms with Gasteiger partial charge in [0.1, 0.15) is 5.75 Å². The molecular weight excluding hydrogens is 256 g/mol. The Labute approximate surface area is 121 Å². The van der Waals surface area contributed by atoms with E-state index in [0.717, 1.165) is 11.1 Å². The number of aliphatic hydroxyl groups excluding tert-OH is 1. The topological polar surface area (TPSA) is 77.8 Å². The Hall–Kier alpha value is -1.55. The van der Waals surface area contributed by atoms with Crippen LogP contribution in [0.4, 0.5) is 0 Å². The molecule has 20 heavy (non-hydrogen) atoms.